The van der Waals surface area contributed by atoms with E-state index in [0.29, 0.717) is 0 Å². The average molecular weight is 272 g/mol. The molecular weight excluding hydrogens is 263 g/mol. The summed E-state index contributed by atoms with van der Waals surface area (Å²) in [5.41, 5.74) is 0. The van der Waals surface area contributed by atoms with Crippen molar-refractivity contribution in [2.75, 3.05) is 0 Å². The second-order valence-corrected chi connectivity index (χ2v) is 2.82. The van der Waals surface area contributed by atoms with Gasteiger partial charge < -0.3 is 25.4 Å². The third kappa shape index (κ3) is 1100. The van der Waals surface area contributed by atoms with Crippen molar-refractivity contribution in [1.82, 2.24) is 6.15 Å². The minimum absolute atomic E-state index is 0. The Morgan fingerprint density at radius 2 is 1.15 bits per heavy atom. The molecule has 0 saturated heterocycles. The molecule has 0 aromatic rings. The molecule has 13 heavy (non-hydrogen) atoms. The third-order valence-corrected chi connectivity index (χ3v) is 0. The van der Waals surface area contributed by atoms with Gasteiger partial charge >= 0.3 is 37.4 Å². The Hall–Kier alpha value is 1.23. The number of halogens is 1. The monoisotopic (exact) mass is 271 g/mol. The largest absolute Gasteiger partial charge is 1.00 e. The topological polar surface area (TPSA) is 190 Å². The predicted molar refractivity (Wildman–Crippen MR) is 38.9 cm³/mol. The van der Waals surface area contributed by atoms with Crippen molar-refractivity contribution in [1.29, 1.82) is 0 Å². The van der Waals surface area contributed by atoms with Gasteiger partial charge in [-0.2, -0.15) is 0 Å². The predicted octanol–water partition coefficient (Wildman–Crippen LogP) is -4.34. The number of hydrogen-bond donors (Lipinski definition) is 5. The fourth-order valence-electron chi connectivity index (χ4n) is 0. The first kappa shape index (κ1) is 29.2. The van der Waals surface area contributed by atoms with Gasteiger partial charge in [-0.25, -0.2) is 13.0 Å². The molecular formula is H8ClNNaO8PS. The summed E-state index contributed by atoms with van der Waals surface area (Å²) in [4.78, 5) is 21.6. The molecule has 0 aliphatic rings. The van der Waals surface area contributed by atoms with E-state index in [1.54, 1.807) is 0 Å². The fraction of sp³-hybridized carbons (Fsp3) is 0. The smallest absolute Gasteiger partial charge is 0.726 e. The standard InChI is InChI=1S/ClH.H3N.Na.H3O4P.H2O4S/c;;;2*1-5(2,3)4/h1H;1H3;;(H3,1,2,3,4);(H2,1,2,3,4)/q;;+1;;/p-1. The van der Waals surface area contributed by atoms with Crippen LogP contribution in [0.1, 0.15) is 0 Å². The molecule has 0 aliphatic heterocycles. The van der Waals surface area contributed by atoms with Crippen molar-refractivity contribution in [3.63, 3.8) is 0 Å². The molecule has 0 heterocycles. The van der Waals surface area contributed by atoms with Gasteiger partial charge in [0.1, 0.15) is 0 Å². The Kier molecular flexibility index (Phi) is 25.4. The molecule has 0 radical (unpaired) electrons. The van der Waals surface area contributed by atoms with Crippen molar-refractivity contribution < 1.29 is 66.3 Å². The van der Waals surface area contributed by atoms with Crippen LogP contribution in [0.4, 0.5) is 0 Å². The first-order valence-corrected chi connectivity index (χ1v) is 4.40. The maximum atomic E-state index is 8.88. The molecule has 0 amide bonds. The van der Waals surface area contributed by atoms with E-state index in [2.05, 4.69) is 0 Å². The second-order valence-electron chi connectivity index (χ2n) is 0.941. The van der Waals surface area contributed by atoms with Gasteiger partial charge in [-0.05, 0) is 0 Å². The van der Waals surface area contributed by atoms with Crippen LogP contribution in [0.3, 0.4) is 0 Å². The molecule has 13 heteroatoms. The Labute approximate surface area is 103 Å². The van der Waals surface area contributed by atoms with Crippen LogP contribution in [-0.2, 0) is 15.0 Å². The van der Waals surface area contributed by atoms with Crippen molar-refractivity contribution >= 4 is 30.6 Å². The summed E-state index contributed by atoms with van der Waals surface area (Å²) in [6.07, 6.45) is 0. The van der Waals surface area contributed by atoms with Gasteiger partial charge in [0.15, 0.2) is 0 Å². The SMILES string of the molecule is Cl.N.O=P(O)(O)O.O=S(=O)([O-])O.[Na+]. The summed E-state index contributed by atoms with van der Waals surface area (Å²) in [6.45, 7) is 0. The van der Waals surface area contributed by atoms with E-state index in [0.717, 1.165) is 0 Å². The van der Waals surface area contributed by atoms with Crippen molar-refractivity contribution in [2.24, 2.45) is 0 Å². The zero-order chi connectivity index (χ0) is 9.00. The summed E-state index contributed by atoms with van der Waals surface area (Å²) in [5, 5.41) is 0. The Bertz CT molecular complexity index is 202. The normalized spacial score (nSPS) is 9.00. The minimum atomic E-state index is -4.92. The number of rotatable bonds is 0. The van der Waals surface area contributed by atoms with Crippen LogP contribution in [0.15, 0.2) is 0 Å². The van der Waals surface area contributed by atoms with Crippen LogP contribution < -0.4 is 35.7 Å². The van der Waals surface area contributed by atoms with E-state index >= 15 is 0 Å². The summed E-state index contributed by atoms with van der Waals surface area (Å²) < 4.78 is 41.7. The van der Waals surface area contributed by atoms with Gasteiger partial charge in [-0.15, -0.1) is 12.4 Å². The molecule has 0 spiro atoms. The van der Waals surface area contributed by atoms with Gasteiger partial charge in [-0.1, -0.05) is 0 Å². The van der Waals surface area contributed by atoms with Gasteiger partial charge in [-0.3, -0.25) is 4.55 Å². The van der Waals surface area contributed by atoms with Gasteiger partial charge in [0, 0.05) is 0 Å². The van der Waals surface area contributed by atoms with Crippen LogP contribution in [0.25, 0.3) is 0 Å². The summed E-state index contributed by atoms with van der Waals surface area (Å²) in [6, 6.07) is 0. The van der Waals surface area contributed by atoms with Crippen LogP contribution in [0.5, 0.6) is 0 Å². The van der Waals surface area contributed by atoms with E-state index in [9.17, 15) is 0 Å². The maximum absolute atomic E-state index is 8.88. The molecule has 0 bridgehead atoms. The van der Waals surface area contributed by atoms with Crippen LogP contribution in [0, 0.1) is 0 Å². The van der Waals surface area contributed by atoms with Crippen LogP contribution in [-0.4, -0.2) is 32.2 Å². The fourth-order valence-corrected chi connectivity index (χ4v) is 0. The van der Waals surface area contributed by atoms with Crippen molar-refractivity contribution in [3.05, 3.63) is 0 Å². The average Bonchev–Trinajstić information content (AvgIpc) is 1.12. The van der Waals surface area contributed by atoms with Crippen LogP contribution in [0.2, 0.25) is 0 Å². The summed E-state index contributed by atoms with van der Waals surface area (Å²) in [5.74, 6) is 0. The summed E-state index contributed by atoms with van der Waals surface area (Å²) in [7, 11) is -9.56. The van der Waals surface area contributed by atoms with Crippen molar-refractivity contribution in [2.45, 2.75) is 0 Å². The van der Waals surface area contributed by atoms with Crippen molar-refractivity contribution in [3.8, 4) is 0 Å². The quantitative estimate of drug-likeness (QED) is 0.125. The molecule has 7 N–H and O–H groups in total. The van der Waals surface area contributed by atoms with E-state index in [-0.39, 0.29) is 48.1 Å². The molecule has 0 rings (SSSR count). The number of hydrogen-bond acceptors (Lipinski definition) is 5. The molecule has 80 valence electrons. The third-order valence-electron chi connectivity index (χ3n) is 0. The zero-order valence-electron chi connectivity index (χ0n) is 6.39. The molecule has 0 fully saturated rings. The number of phosphoric acid groups is 1. The van der Waals surface area contributed by atoms with E-state index in [1.807, 2.05) is 0 Å². The molecule has 0 aromatic heterocycles. The molecule has 0 aromatic carbocycles. The minimum Gasteiger partial charge on any atom is -0.726 e. The molecule has 0 aliphatic carbocycles. The van der Waals surface area contributed by atoms with E-state index in [4.69, 9.17) is 36.8 Å². The first-order chi connectivity index (χ1) is 4.00. The first-order valence-electron chi connectivity index (χ1n) is 1.47. The molecule has 0 unspecified atom stereocenters. The Morgan fingerprint density at radius 3 is 1.15 bits per heavy atom. The zero-order valence-corrected chi connectivity index (χ0v) is 10.9. The second kappa shape index (κ2) is 11.3. The molecule has 9 nitrogen and oxygen atoms in total. The molecule has 0 saturated carbocycles. The Balaban J connectivity index is -0.0000000267. The summed E-state index contributed by atoms with van der Waals surface area (Å²) >= 11 is 0. The molecule has 0 atom stereocenters. The van der Waals surface area contributed by atoms with Crippen LogP contribution >= 0.6 is 20.2 Å². The Morgan fingerprint density at radius 1 is 1.15 bits per heavy atom. The van der Waals surface area contributed by atoms with Gasteiger partial charge in [0.25, 0.3) is 0 Å². The van der Waals surface area contributed by atoms with Gasteiger partial charge in [0.2, 0.25) is 10.4 Å². The maximum Gasteiger partial charge on any atom is 1.00 e. The van der Waals surface area contributed by atoms with Gasteiger partial charge in [0.05, 0.1) is 0 Å². The van der Waals surface area contributed by atoms with E-state index in [1.165, 1.54) is 0 Å². The van der Waals surface area contributed by atoms with E-state index < -0.39 is 18.2 Å².